The number of hydrogen-bond acceptors (Lipinski definition) is 5. The summed E-state index contributed by atoms with van der Waals surface area (Å²) in [7, 11) is 1.72. The summed E-state index contributed by atoms with van der Waals surface area (Å²) in [5, 5.41) is 18.2. The van der Waals surface area contributed by atoms with E-state index in [9.17, 15) is 5.11 Å². The Morgan fingerprint density at radius 1 is 1.33 bits per heavy atom. The van der Waals surface area contributed by atoms with Crippen molar-refractivity contribution < 1.29 is 9.84 Å². The first-order chi connectivity index (χ1) is 13.2. The topological polar surface area (TPSA) is 58.5 Å². The fourth-order valence-corrected chi connectivity index (χ4v) is 4.38. The summed E-state index contributed by atoms with van der Waals surface area (Å²) in [6.07, 6.45) is 4.42. The van der Waals surface area contributed by atoms with Gasteiger partial charge in [0.25, 0.3) is 0 Å². The lowest BCUT2D eigenvalue weighted by molar-refractivity contribution is 0.177. The van der Waals surface area contributed by atoms with Crippen molar-refractivity contribution >= 4 is 5.57 Å². The van der Waals surface area contributed by atoms with E-state index in [1.165, 1.54) is 22.3 Å². The minimum absolute atomic E-state index is 0.165. The molecule has 0 saturated carbocycles. The van der Waals surface area contributed by atoms with E-state index >= 15 is 0 Å². The zero-order valence-electron chi connectivity index (χ0n) is 16.1. The lowest BCUT2D eigenvalue weighted by atomic mass is 9.90. The van der Waals surface area contributed by atoms with E-state index in [-0.39, 0.29) is 12.0 Å². The normalized spacial score (nSPS) is 20.8. The predicted octanol–water partition coefficient (Wildman–Crippen LogP) is 3.06. The third kappa shape index (κ3) is 3.75. The van der Waals surface area contributed by atoms with Gasteiger partial charge in [-0.25, -0.2) is 0 Å². The highest BCUT2D eigenvalue weighted by Gasteiger charge is 2.28. The third-order valence-corrected chi connectivity index (χ3v) is 5.83. The number of fused-ring (bicyclic) bond motifs is 1. The summed E-state index contributed by atoms with van der Waals surface area (Å²) in [6, 6.07) is 10.4. The maximum absolute atomic E-state index is 9.80. The van der Waals surface area contributed by atoms with Gasteiger partial charge in [0, 0.05) is 31.7 Å². The molecule has 5 heteroatoms. The van der Waals surface area contributed by atoms with Crippen molar-refractivity contribution in [2.75, 3.05) is 26.7 Å². The van der Waals surface area contributed by atoms with Crippen molar-refractivity contribution in [3.8, 4) is 5.75 Å². The number of aromatic nitrogens is 2. The van der Waals surface area contributed by atoms with Crippen molar-refractivity contribution in [3.63, 3.8) is 0 Å². The molecular formula is C22H27N3O2. The van der Waals surface area contributed by atoms with E-state index in [4.69, 9.17) is 4.74 Å². The van der Waals surface area contributed by atoms with Crippen molar-refractivity contribution in [2.24, 2.45) is 0 Å². The summed E-state index contributed by atoms with van der Waals surface area (Å²) in [5.41, 5.74) is 6.50. The summed E-state index contributed by atoms with van der Waals surface area (Å²) >= 11 is 0. The summed E-state index contributed by atoms with van der Waals surface area (Å²) < 4.78 is 5.43. The van der Waals surface area contributed by atoms with Gasteiger partial charge in [-0.2, -0.15) is 10.2 Å². The van der Waals surface area contributed by atoms with Crippen molar-refractivity contribution in [1.29, 1.82) is 0 Å². The Labute approximate surface area is 160 Å². The van der Waals surface area contributed by atoms with E-state index in [1.807, 2.05) is 12.1 Å². The van der Waals surface area contributed by atoms with Gasteiger partial charge in [0.1, 0.15) is 5.75 Å². The van der Waals surface area contributed by atoms with Gasteiger partial charge >= 0.3 is 0 Å². The van der Waals surface area contributed by atoms with E-state index in [0.717, 1.165) is 50.3 Å². The molecule has 0 spiro atoms. The summed E-state index contributed by atoms with van der Waals surface area (Å²) in [5.74, 6) is 1.11. The van der Waals surface area contributed by atoms with Crippen molar-refractivity contribution in [2.45, 2.75) is 38.2 Å². The van der Waals surface area contributed by atoms with Gasteiger partial charge in [0.05, 0.1) is 18.9 Å². The number of likely N-dealkylation sites (tertiary alicyclic amines) is 1. The number of aliphatic hydroxyl groups is 1. The molecule has 0 radical (unpaired) electrons. The SMILES string of the molecule is COc1ccc2c(c1)CC(CCN1CCC(O)C1)=C2C(C)c1cccnn1. The van der Waals surface area contributed by atoms with Crippen molar-refractivity contribution in [1.82, 2.24) is 15.1 Å². The highest BCUT2D eigenvalue weighted by Crippen LogP contribution is 2.43. The van der Waals surface area contributed by atoms with Crippen LogP contribution >= 0.6 is 0 Å². The molecule has 2 heterocycles. The van der Waals surface area contributed by atoms with Crippen LogP contribution in [0, 0.1) is 0 Å². The minimum Gasteiger partial charge on any atom is -0.497 e. The molecular weight excluding hydrogens is 338 g/mol. The molecule has 2 unspecified atom stereocenters. The first-order valence-electron chi connectivity index (χ1n) is 9.73. The zero-order chi connectivity index (χ0) is 18.8. The van der Waals surface area contributed by atoms with E-state index in [2.05, 4.69) is 40.2 Å². The molecule has 1 aromatic heterocycles. The molecule has 1 fully saturated rings. The van der Waals surface area contributed by atoms with Gasteiger partial charge in [-0.05, 0) is 60.2 Å². The molecule has 27 heavy (non-hydrogen) atoms. The molecule has 1 aromatic carbocycles. The van der Waals surface area contributed by atoms with Crippen LogP contribution in [0.15, 0.2) is 42.1 Å². The van der Waals surface area contributed by atoms with Crippen LogP contribution in [0.5, 0.6) is 5.75 Å². The fraction of sp³-hybridized carbons (Fsp3) is 0.455. The second-order valence-electron chi connectivity index (χ2n) is 7.58. The average molecular weight is 365 g/mol. The molecule has 1 aliphatic carbocycles. The molecule has 0 bridgehead atoms. The molecule has 5 nitrogen and oxygen atoms in total. The number of benzene rings is 1. The molecule has 1 N–H and O–H groups in total. The van der Waals surface area contributed by atoms with Crippen LogP contribution in [0.1, 0.15) is 42.5 Å². The number of β-amino-alcohol motifs (C(OH)–C–C–N with tert-alkyl or cyclic N) is 1. The average Bonchev–Trinajstić information content (AvgIpc) is 3.28. The van der Waals surface area contributed by atoms with Gasteiger partial charge < -0.3 is 14.7 Å². The number of methoxy groups -OCH3 is 1. The van der Waals surface area contributed by atoms with Gasteiger partial charge in [-0.3, -0.25) is 0 Å². The molecule has 1 saturated heterocycles. The maximum Gasteiger partial charge on any atom is 0.119 e. The fourth-order valence-electron chi connectivity index (χ4n) is 4.38. The Bertz CT molecular complexity index is 835. The van der Waals surface area contributed by atoms with Gasteiger partial charge in [0.15, 0.2) is 0 Å². The summed E-state index contributed by atoms with van der Waals surface area (Å²) in [4.78, 5) is 2.37. The molecule has 2 atom stereocenters. The second kappa shape index (κ2) is 7.79. The Morgan fingerprint density at radius 3 is 2.93 bits per heavy atom. The lowest BCUT2D eigenvalue weighted by Crippen LogP contribution is -2.23. The molecule has 142 valence electrons. The largest absolute Gasteiger partial charge is 0.497 e. The predicted molar refractivity (Wildman–Crippen MR) is 106 cm³/mol. The Morgan fingerprint density at radius 2 is 2.22 bits per heavy atom. The number of aliphatic hydroxyl groups excluding tert-OH is 1. The van der Waals surface area contributed by atoms with Gasteiger partial charge in [0.2, 0.25) is 0 Å². The highest BCUT2D eigenvalue weighted by molar-refractivity contribution is 5.80. The quantitative estimate of drug-likeness (QED) is 0.853. The van der Waals surface area contributed by atoms with E-state index < -0.39 is 0 Å². The molecule has 4 rings (SSSR count). The second-order valence-corrected chi connectivity index (χ2v) is 7.58. The van der Waals surface area contributed by atoms with Crippen LogP contribution in [0.25, 0.3) is 5.57 Å². The Hall–Kier alpha value is -2.24. The molecule has 0 amide bonds. The van der Waals surface area contributed by atoms with Crippen LogP contribution in [0.2, 0.25) is 0 Å². The standard InChI is InChI=1S/C22H27N3O2/c1-15(21-4-3-9-23-24-21)22-16(7-10-25-11-8-18(26)14-25)12-17-13-19(27-2)5-6-20(17)22/h3-6,9,13,15,18,26H,7-8,10-12,14H2,1-2H3. The van der Waals surface area contributed by atoms with Gasteiger partial charge in [-0.1, -0.05) is 18.6 Å². The number of nitrogens with zero attached hydrogens (tertiary/aromatic N) is 3. The zero-order valence-corrected chi connectivity index (χ0v) is 16.1. The third-order valence-electron chi connectivity index (χ3n) is 5.83. The summed E-state index contributed by atoms with van der Waals surface area (Å²) in [6.45, 7) is 5.00. The number of allylic oxidation sites excluding steroid dienone is 1. The smallest absolute Gasteiger partial charge is 0.119 e. The Balaban J connectivity index is 1.63. The van der Waals surface area contributed by atoms with Crippen LogP contribution in [0.3, 0.4) is 0 Å². The van der Waals surface area contributed by atoms with Crippen molar-refractivity contribution in [3.05, 3.63) is 58.9 Å². The monoisotopic (exact) mass is 365 g/mol. The minimum atomic E-state index is -0.165. The van der Waals surface area contributed by atoms with Crippen LogP contribution in [0.4, 0.5) is 0 Å². The molecule has 1 aliphatic heterocycles. The molecule has 2 aliphatic rings. The first kappa shape index (κ1) is 18.1. The lowest BCUT2D eigenvalue weighted by Gasteiger charge is -2.19. The first-order valence-corrected chi connectivity index (χ1v) is 9.73. The van der Waals surface area contributed by atoms with Crippen LogP contribution in [-0.2, 0) is 6.42 Å². The van der Waals surface area contributed by atoms with Crippen LogP contribution in [-0.4, -0.2) is 53.1 Å². The van der Waals surface area contributed by atoms with E-state index in [1.54, 1.807) is 13.3 Å². The highest BCUT2D eigenvalue weighted by atomic mass is 16.5. The van der Waals surface area contributed by atoms with Gasteiger partial charge in [-0.15, -0.1) is 0 Å². The van der Waals surface area contributed by atoms with E-state index in [0.29, 0.717) is 0 Å². The number of hydrogen-bond donors (Lipinski definition) is 1. The maximum atomic E-state index is 9.80. The number of ether oxygens (including phenoxy) is 1. The number of rotatable bonds is 6. The Kier molecular flexibility index (Phi) is 5.23. The van der Waals surface area contributed by atoms with Crippen LogP contribution < -0.4 is 4.74 Å². The molecule has 2 aromatic rings.